The lowest BCUT2D eigenvalue weighted by Crippen LogP contribution is -2.09. The molecule has 5 nitrogen and oxygen atoms in total. The zero-order chi connectivity index (χ0) is 13.8. The van der Waals surface area contributed by atoms with E-state index in [0.29, 0.717) is 22.5 Å². The van der Waals surface area contributed by atoms with E-state index in [9.17, 15) is 4.79 Å². The zero-order valence-electron chi connectivity index (χ0n) is 11.4. The van der Waals surface area contributed by atoms with E-state index in [-0.39, 0.29) is 5.56 Å². The number of H-pyrrole nitrogens is 1. The number of fused-ring (bicyclic) bond motifs is 1. The second kappa shape index (κ2) is 5.73. The quantitative estimate of drug-likeness (QED) is 0.569. The van der Waals surface area contributed by atoms with Crippen LogP contribution in [-0.2, 0) is 0 Å². The van der Waals surface area contributed by atoms with Crippen molar-refractivity contribution < 1.29 is 0 Å². The molecular formula is C14H20N4O. The summed E-state index contributed by atoms with van der Waals surface area (Å²) in [4.78, 5) is 18.3. The van der Waals surface area contributed by atoms with Gasteiger partial charge < -0.3 is 16.0 Å². The number of aromatic amines is 1. The zero-order valence-corrected chi connectivity index (χ0v) is 11.4. The average molecular weight is 260 g/mol. The summed E-state index contributed by atoms with van der Waals surface area (Å²) in [7, 11) is 0. The molecule has 4 N–H and O–H groups in total. The fourth-order valence-corrected chi connectivity index (χ4v) is 2.02. The third-order valence-corrected chi connectivity index (χ3v) is 3.09. The smallest absolute Gasteiger partial charge is 0.258 e. The van der Waals surface area contributed by atoms with E-state index in [1.54, 1.807) is 6.07 Å². The van der Waals surface area contributed by atoms with Gasteiger partial charge in [-0.25, -0.2) is 4.98 Å². The van der Waals surface area contributed by atoms with Gasteiger partial charge in [0.1, 0.15) is 0 Å². The molecule has 0 atom stereocenters. The third-order valence-electron chi connectivity index (χ3n) is 3.09. The van der Waals surface area contributed by atoms with Crippen LogP contribution in [0, 0.1) is 5.92 Å². The minimum absolute atomic E-state index is 0.164. The van der Waals surface area contributed by atoms with Crippen molar-refractivity contribution in [2.24, 2.45) is 5.92 Å². The second-order valence-corrected chi connectivity index (χ2v) is 5.15. The van der Waals surface area contributed by atoms with Crippen molar-refractivity contribution in [3.05, 3.63) is 28.8 Å². The molecule has 0 amide bonds. The van der Waals surface area contributed by atoms with E-state index >= 15 is 0 Å². The Bertz CT molecular complexity index is 618. The summed E-state index contributed by atoms with van der Waals surface area (Å²) in [5.74, 6) is 0.705. The standard InChI is InChI=1S/C14H20N4O/c1-9(2)4-3-5-16-13-7-12-10(6-11(13)15)14(19)18-8-17-12/h6-9,16H,3-5,15H2,1-2H3,(H,17,18,19). The Morgan fingerprint density at radius 2 is 2.21 bits per heavy atom. The van der Waals surface area contributed by atoms with Crippen molar-refractivity contribution >= 4 is 22.3 Å². The van der Waals surface area contributed by atoms with E-state index in [2.05, 4.69) is 29.1 Å². The van der Waals surface area contributed by atoms with Crippen LogP contribution in [0.1, 0.15) is 26.7 Å². The minimum Gasteiger partial charge on any atom is -0.397 e. The van der Waals surface area contributed by atoms with Gasteiger partial charge in [0.2, 0.25) is 0 Å². The molecule has 2 aromatic rings. The van der Waals surface area contributed by atoms with Gasteiger partial charge in [0.25, 0.3) is 5.56 Å². The average Bonchev–Trinajstić information content (AvgIpc) is 2.36. The topological polar surface area (TPSA) is 83.8 Å². The van der Waals surface area contributed by atoms with Gasteiger partial charge in [-0.15, -0.1) is 0 Å². The van der Waals surface area contributed by atoms with E-state index in [1.165, 1.54) is 12.7 Å². The van der Waals surface area contributed by atoms with Crippen LogP contribution >= 0.6 is 0 Å². The Labute approximate surface area is 112 Å². The summed E-state index contributed by atoms with van der Waals surface area (Å²) in [6.45, 7) is 5.29. The van der Waals surface area contributed by atoms with Crippen LogP contribution in [-0.4, -0.2) is 16.5 Å². The van der Waals surface area contributed by atoms with Crippen LogP contribution in [0.25, 0.3) is 10.9 Å². The summed E-state index contributed by atoms with van der Waals surface area (Å²) < 4.78 is 0. The molecule has 0 aliphatic rings. The van der Waals surface area contributed by atoms with Gasteiger partial charge in [-0.3, -0.25) is 4.79 Å². The van der Waals surface area contributed by atoms with Crippen molar-refractivity contribution in [2.75, 3.05) is 17.6 Å². The fraction of sp³-hybridized carbons (Fsp3) is 0.429. The Balaban J connectivity index is 2.15. The summed E-state index contributed by atoms with van der Waals surface area (Å²) >= 11 is 0. The highest BCUT2D eigenvalue weighted by atomic mass is 16.1. The van der Waals surface area contributed by atoms with Crippen LogP contribution in [0.3, 0.4) is 0 Å². The monoisotopic (exact) mass is 260 g/mol. The number of nitrogens with one attached hydrogen (secondary N) is 2. The van der Waals surface area contributed by atoms with Crippen molar-refractivity contribution in [1.29, 1.82) is 0 Å². The van der Waals surface area contributed by atoms with Crippen molar-refractivity contribution in [3.8, 4) is 0 Å². The molecule has 5 heteroatoms. The van der Waals surface area contributed by atoms with E-state index in [0.717, 1.165) is 18.7 Å². The maximum atomic E-state index is 11.6. The van der Waals surface area contributed by atoms with Crippen LogP contribution in [0.2, 0.25) is 0 Å². The van der Waals surface area contributed by atoms with Crippen LogP contribution in [0.15, 0.2) is 23.3 Å². The number of benzene rings is 1. The van der Waals surface area contributed by atoms with Crippen LogP contribution in [0.5, 0.6) is 0 Å². The lowest BCUT2D eigenvalue weighted by Gasteiger charge is -2.11. The molecule has 1 aromatic carbocycles. The molecule has 0 fully saturated rings. The number of anilines is 2. The first-order valence-electron chi connectivity index (χ1n) is 6.58. The summed E-state index contributed by atoms with van der Waals surface area (Å²) in [6, 6.07) is 3.50. The molecule has 0 unspecified atom stereocenters. The van der Waals surface area contributed by atoms with E-state index in [4.69, 9.17) is 5.73 Å². The number of nitrogen functional groups attached to an aromatic ring is 1. The number of hydrogen-bond donors (Lipinski definition) is 3. The minimum atomic E-state index is -0.164. The molecule has 0 aliphatic heterocycles. The lowest BCUT2D eigenvalue weighted by atomic mass is 10.1. The van der Waals surface area contributed by atoms with Crippen molar-refractivity contribution in [2.45, 2.75) is 26.7 Å². The Hall–Kier alpha value is -2.04. The number of nitrogens with two attached hydrogens (primary N) is 1. The highest BCUT2D eigenvalue weighted by molar-refractivity contribution is 5.88. The highest BCUT2D eigenvalue weighted by Crippen LogP contribution is 2.22. The van der Waals surface area contributed by atoms with Gasteiger partial charge in [0, 0.05) is 6.54 Å². The van der Waals surface area contributed by atoms with Gasteiger partial charge in [0.15, 0.2) is 0 Å². The second-order valence-electron chi connectivity index (χ2n) is 5.15. The SMILES string of the molecule is CC(C)CCCNc1cc2nc[nH]c(=O)c2cc1N. The molecule has 1 heterocycles. The lowest BCUT2D eigenvalue weighted by molar-refractivity contribution is 0.567. The maximum absolute atomic E-state index is 11.6. The summed E-state index contributed by atoms with van der Waals surface area (Å²) in [5, 5.41) is 3.82. The number of rotatable bonds is 5. The molecule has 0 aliphatic carbocycles. The number of nitrogens with zero attached hydrogens (tertiary/aromatic N) is 1. The first-order chi connectivity index (χ1) is 9.08. The molecule has 0 saturated carbocycles. The molecule has 0 bridgehead atoms. The van der Waals surface area contributed by atoms with Crippen LogP contribution in [0.4, 0.5) is 11.4 Å². The van der Waals surface area contributed by atoms with Gasteiger partial charge in [-0.2, -0.15) is 0 Å². The first-order valence-corrected chi connectivity index (χ1v) is 6.58. The first kappa shape index (κ1) is 13.4. The van der Waals surface area contributed by atoms with Gasteiger partial charge in [-0.1, -0.05) is 13.8 Å². The summed E-state index contributed by atoms with van der Waals surface area (Å²) in [5.41, 5.74) is 7.87. The fourth-order valence-electron chi connectivity index (χ4n) is 2.02. The Kier molecular flexibility index (Phi) is 4.04. The maximum Gasteiger partial charge on any atom is 0.258 e. The number of aromatic nitrogens is 2. The Morgan fingerprint density at radius 3 is 2.95 bits per heavy atom. The van der Waals surface area contributed by atoms with E-state index < -0.39 is 0 Å². The number of hydrogen-bond acceptors (Lipinski definition) is 4. The normalized spacial score (nSPS) is 11.1. The molecule has 0 radical (unpaired) electrons. The van der Waals surface area contributed by atoms with Gasteiger partial charge in [-0.05, 0) is 30.9 Å². The Morgan fingerprint density at radius 1 is 1.42 bits per heavy atom. The van der Waals surface area contributed by atoms with E-state index in [1.807, 2.05) is 6.07 Å². The summed E-state index contributed by atoms with van der Waals surface area (Å²) in [6.07, 6.45) is 3.68. The van der Waals surface area contributed by atoms with Gasteiger partial charge >= 0.3 is 0 Å². The van der Waals surface area contributed by atoms with Crippen molar-refractivity contribution in [3.63, 3.8) is 0 Å². The molecule has 1 aromatic heterocycles. The predicted octanol–water partition coefficient (Wildman–Crippen LogP) is 2.35. The molecule has 2 rings (SSSR count). The molecular weight excluding hydrogens is 240 g/mol. The van der Waals surface area contributed by atoms with Crippen molar-refractivity contribution in [1.82, 2.24) is 9.97 Å². The molecule has 19 heavy (non-hydrogen) atoms. The highest BCUT2D eigenvalue weighted by Gasteiger charge is 2.05. The molecule has 0 saturated heterocycles. The third kappa shape index (κ3) is 3.24. The van der Waals surface area contributed by atoms with Gasteiger partial charge in [0.05, 0.1) is 28.6 Å². The largest absolute Gasteiger partial charge is 0.397 e. The predicted molar refractivity (Wildman–Crippen MR) is 79.3 cm³/mol. The molecule has 102 valence electrons. The van der Waals surface area contributed by atoms with Crippen LogP contribution < -0.4 is 16.6 Å². The molecule has 0 spiro atoms.